The Morgan fingerprint density at radius 2 is 1.91 bits per heavy atom. The summed E-state index contributed by atoms with van der Waals surface area (Å²) in [7, 11) is 0. The molecular formula is C22H24N6O3S. The zero-order valence-corrected chi connectivity index (χ0v) is 18.5. The monoisotopic (exact) mass is 452 g/mol. The van der Waals surface area contributed by atoms with Gasteiger partial charge in [0, 0.05) is 31.2 Å². The van der Waals surface area contributed by atoms with E-state index in [-0.39, 0.29) is 35.8 Å². The maximum atomic E-state index is 13.3. The molecule has 1 atom stereocenters. The van der Waals surface area contributed by atoms with Crippen LogP contribution < -0.4 is 11.3 Å². The lowest BCUT2D eigenvalue weighted by Gasteiger charge is -2.31. The summed E-state index contributed by atoms with van der Waals surface area (Å²) in [6.45, 7) is 3.06. The van der Waals surface area contributed by atoms with E-state index in [1.165, 1.54) is 11.8 Å². The minimum absolute atomic E-state index is 0.00582. The lowest BCUT2D eigenvalue weighted by atomic mass is 9.96. The zero-order valence-electron chi connectivity index (χ0n) is 17.7. The minimum Gasteiger partial charge on any atom is -0.369 e. The molecular weight excluding hydrogens is 428 g/mol. The van der Waals surface area contributed by atoms with Crippen LogP contribution in [0.4, 0.5) is 0 Å². The van der Waals surface area contributed by atoms with Crippen LogP contribution in [-0.2, 0) is 9.59 Å². The second-order valence-electron chi connectivity index (χ2n) is 8.43. The number of likely N-dealkylation sites (tertiary alicyclic amines) is 1. The number of fused-ring (bicyclic) bond motifs is 2. The molecule has 2 amide bonds. The average molecular weight is 453 g/mol. The van der Waals surface area contributed by atoms with E-state index in [9.17, 15) is 14.4 Å². The summed E-state index contributed by atoms with van der Waals surface area (Å²) in [4.78, 5) is 44.0. The van der Waals surface area contributed by atoms with Crippen molar-refractivity contribution in [2.75, 3.05) is 18.8 Å². The van der Waals surface area contributed by atoms with Crippen molar-refractivity contribution in [3.63, 3.8) is 0 Å². The van der Waals surface area contributed by atoms with Crippen molar-refractivity contribution >= 4 is 34.6 Å². The second-order valence-corrected chi connectivity index (χ2v) is 9.41. The van der Waals surface area contributed by atoms with Crippen LogP contribution in [0.25, 0.3) is 16.7 Å². The van der Waals surface area contributed by atoms with Crippen LogP contribution in [0.5, 0.6) is 0 Å². The lowest BCUT2D eigenvalue weighted by molar-refractivity contribution is -0.135. The highest BCUT2D eigenvalue weighted by molar-refractivity contribution is 7.99. The SMILES string of the molecule is Cc1ccc(-n2ncc3c(=O)n4c(nc32)SCC4CC(=O)N2CCC(C(N)=O)CC2)cc1. The first kappa shape index (κ1) is 20.7. The van der Waals surface area contributed by atoms with E-state index in [4.69, 9.17) is 10.7 Å². The number of aryl methyl sites for hydroxylation is 1. The highest BCUT2D eigenvalue weighted by atomic mass is 32.2. The van der Waals surface area contributed by atoms with Crippen LogP contribution in [-0.4, -0.2) is 54.9 Å². The predicted molar refractivity (Wildman–Crippen MR) is 121 cm³/mol. The van der Waals surface area contributed by atoms with Gasteiger partial charge in [0.2, 0.25) is 11.8 Å². The van der Waals surface area contributed by atoms with Crippen LogP contribution in [0.1, 0.15) is 30.9 Å². The van der Waals surface area contributed by atoms with Gasteiger partial charge in [-0.3, -0.25) is 19.0 Å². The summed E-state index contributed by atoms with van der Waals surface area (Å²) < 4.78 is 3.32. The van der Waals surface area contributed by atoms with Crippen LogP contribution >= 0.6 is 11.8 Å². The van der Waals surface area contributed by atoms with E-state index in [0.717, 1.165) is 11.3 Å². The number of primary amides is 1. The number of aromatic nitrogens is 4. The first-order valence-corrected chi connectivity index (χ1v) is 11.7. The van der Waals surface area contributed by atoms with Gasteiger partial charge in [-0.1, -0.05) is 29.5 Å². The molecule has 2 aromatic heterocycles. The third kappa shape index (κ3) is 3.58. The highest BCUT2D eigenvalue weighted by Crippen LogP contribution is 2.34. The van der Waals surface area contributed by atoms with Crippen molar-refractivity contribution < 1.29 is 9.59 Å². The van der Waals surface area contributed by atoms with E-state index in [1.54, 1.807) is 20.3 Å². The summed E-state index contributed by atoms with van der Waals surface area (Å²) in [5, 5.41) is 5.45. The summed E-state index contributed by atoms with van der Waals surface area (Å²) in [5.41, 5.74) is 7.73. The number of benzene rings is 1. The molecule has 166 valence electrons. The molecule has 0 spiro atoms. The lowest BCUT2D eigenvalue weighted by Crippen LogP contribution is -2.42. The molecule has 3 aromatic rings. The van der Waals surface area contributed by atoms with Gasteiger partial charge in [0.1, 0.15) is 5.39 Å². The number of rotatable bonds is 4. The number of hydrogen-bond donors (Lipinski definition) is 1. The van der Waals surface area contributed by atoms with Gasteiger partial charge < -0.3 is 10.6 Å². The van der Waals surface area contributed by atoms with Crippen molar-refractivity contribution in [3.05, 3.63) is 46.4 Å². The molecule has 5 rings (SSSR count). The van der Waals surface area contributed by atoms with Crippen molar-refractivity contribution in [1.29, 1.82) is 0 Å². The number of carbonyl (C=O) groups excluding carboxylic acids is 2. The summed E-state index contributed by atoms with van der Waals surface area (Å²) in [6, 6.07) is 7.63. The molecule has 1 unspecified atom stereocenters. The quantitative estimate of drug-likeness (QED) is 0.602. The number of hydrogen-bond acceptors (Lipinski definition) is 6. The van der Waals surface area contributed by atoms with Gasteiger partial charge in [-0.15, -0.1) is 0 Å². The molecule has 0 radical (unpaired) electrons. The smallest absolute Gasteiger partial charge is 0.265 e. The van der Waals surface area contributed by atoms with Gasteiger partial charge in [-0.05, 0) is 31.9 Å². The number of nitrogens with zero attached hydrogens (tertiary/aromatic N) is 5. The van der Waals surface area contributed by atoms with E-state index < -0.39 is 0 Å². The third-order valence-electron chi connectivity index (χ3n) is 6.31. The second kappa shape index (κ2) is 8.09. The predicted octanol–water partition coefficient (Wildman–Crippen LogP) is 1.65. The van der Waals surface area contributed by atoms with E-state index in [1.807, 2.05) is 31.2 Å². The molecule has 1 aromatic carbocycles. The fourth-order valence-electron chi connectivity index (χ4n) is 4.40. The topological polar surface area (TPSA) is 116 Å². The van der Waals surface area contributed by atoms with E-state index >= 15 is 0 Å². The molecule has 10 heteroatoms. The summed E-state index contributed by atoms with van der Waals surface area (Å²) >= 11 is 1.49. The highest BCUT2D eigenvalue weighted by Gasteiger charge is 2.32. The standard InChI is InChI=1S/C22H24N6O3S/c1-13-2-4-15(5-3-13)28-20-17(11-24-28)21(31)27-16(12-32-22(27)25-20)10-18(29)26-8-6-14(7-9-26)19(23)30/h2-5,11,14,16H,6-10,12H2,1H3,(H2,23,30). The van der Waals surface area contributed by atoms with Gasteiger partial charge in [-0.2, -0.15) is 5.10 Å². The molecule has 0 saturated carbocycles. The Morgan fingerprint density at radius 1 is 1.19 bits per heavy atom. The van der Waals surface area contributed by atoms with Crippen molar-refractivity contribution in [2.45, 2.75) is 37.4 Å². The normalized spacial score (nSPS) is 18.8. The van der Waals surface area contributed by atoms with Crippen LogP contribution in [0.15, 0.2) is 40.4 Å². The average Bonchev–Trinajstić information content (AvgIpc) is 3.39. The molecule has 2 aliphatic heterocycles. The van der Waals surface area contributed by atoms with Crippen LogP contribution in [0.3, 0.4) is 0 Å². The van der Waals surface area contributed by atoms with E-state index in [0.29, 0.717) is 47.9 Å². The number of thioether (sulfide) groups is 1. The molecule has 1 saturated heterocycles. The van der Waals surface area contributed by atoms with Gasteiger partial charge >= 0.3 is 0 Å². The first-order valence-electron chi connectivity index (χ1n) is 10.7. The van der Waals surface area contributed by atoms with Gasteiger partial charge in [0.15, 0.2) is 10.8 Å². The molecule has 9 nitrogen and oxygen atoms in total. The summed E-state index contributed by atoms with van der Waals surface area (Å²) in [5.74, 6) is 0.155. The van der Waals surface area contributed by atoms with Crippen LogP contribution in [0.2, 0.25) is 0 Å². The molecule has 0 aliphatic carbocycles. The number of piperidine rings is 1. The molecule has 0 bridgehead atoms. The number of carbonyl (C=O) groups is 2. The Morgan fingerprint density at radius 3 is 2.59 bits per heavy atom. The molecule has 4 heterocycles. The fraction of sp³-hybridized carbons (Fsp3) is 0.409. The van der Waals surface area contributed by atoms with Gasteiger partial charge in [0.05, 0.1) is 17.9 Å². The molecule has 32 heavy (non-hydrogen) atoms. The Balaban J connectivity index is 1.39. The molecule has 2 N–H and O–H groups in total. The van der Waals surface area contributed by atoms with E-state index in [2.05, 4.69) is 5.10 Å². The van der Waals surface area contributed by atoms with Crippen molar-refractivity contribution in [1.82, 2.24) is 24.2 Å². The maximum absolute atomic E-state index is 13.3. The number of nitrogens with two attached hydrogens (primary N) is 1. The van der Waals surface area contributed by atoms with Crippen LogP contribution in [0, 0.1) is 12.8 Å². The van der Waals surface area contributed by atoms with Gasteiger partial charge in [0.25, 0.3) is 5.56 Å². The number of amides is 2. The Labute approximate surface area is 188 Å². The van der Waals surface area contributed by atoms with Crippen molar-refractivity contribution in [3.8, 4) is 5.69 Å². The largest absolute Gasteiger partial charge is 0.369 e. The van der Waals surface area contributed by atoms with Gasteiger partial charge in [-0.25, -0.2) is 9.67 Å². The third-order valence-corrected chi connectivity index (χ3v) is 7.41. The summed E-state index contributed by atoms with van der Waals surface area (Å²) in [6.07, 6.45) is 2.98. The fourth-order valence-corrected chi connectivity index (χ4v) is 5.53. The minimum atomic E-state index is -0.300. The zero-order chi connectivity index (χ0) is 22.4. The molecule has 2 aliphatic rings. The Hall–Kier alpha value is -3.14. The Kier molecular flexibility index (Phi) is 5.24. The van der Waals surface area contributed by atoms with Crippen molar-refractivity contribution in [2.24, 2.45) is 11.7 Å². The Bertz CT molecular complexity index is 1260. The first-order chi connectivity index (χ1) is 15.4. The maximum Gasteiger partial charge on any atom is 0.265 e. The molecule has 1 fully saturated rings.